The van der Waals surface area contributed by atoms with Gasteiger partial charge in [-0.3, -0.25) is 9.59 Å². The van der Waals surface area contributed by atoms with Gasteiger partial charge in [-0.2, -0.15) is 0 Å². The van der Waals surface area contributed by atoms with Crippen LogP contribution in [0.4, 0.5) is 4.39 Å². The first kappa shape index (κ1) is 20.9. The minimum absolute atomic E-state index is 0.0120. The van der Waals surface area contributed by atoms with E-state index in [9.17, 15) is 14.0 Å². The highest BCUT2D eigenvalue weighted by atomic mass is 32.2. The smallest absolute Gasteiger partial charge is 0.255 e. The van der Waals surface area contributed by atoms with Crippen LogP contribution in [0.1, 0.15) is 60.5 Å². The molecule has 4 nitrogen and oxygen atoms in total. The average Bonchev–Trinajstić information content (AvgIpc) is 3.40. The third-order valence-corrected chi connectivity index (χ3v) is 6.92. The Morgan fingerprint density at radius 3 is 2.40 bits per heavy atom. The average molecular weight is 427 g/mol. The first-order valence-corrected chi connectivity index (χ1v) is 11.4. The molecular formula is C24H27FN2O2S. The fraction of sp³-hybridized carbons (Fsp3) is 0.417. The van der Waals surface area contributed by atoms with E-state index in [0.717, 1.165) is 18.4 Å². The molecule has 2 fully saturated rings. The fourth-order valence-electron chi connectivity index (χ4n) is 3.66. The van der Waals surface area contributed by atoms with Crippen molar-refractivity contribution in [2.24, 2.45) is 0 Å². The quantitative estimate of drug-likeness (QED) is 0.774. The molecule has 2 aromatic rings. The Bertz CT molecular complexity index is 950. The van der Waals surface area contributed by atoms with E-state index in [1.165, 1.54) is 23.9 Å². The molecule has 0 bridgehead atoms. The van der Waals surface area contributed by atoms with Gasteiger partial charge in [0, 0.05) is 17.4 Å². The molecule has 2 aliphatic rings. The summed E-state index contributed by atoms with van der Waals surface area (Å²) < 4.78 is 13.9. The van der Waals surface area contributed by atoms with Gasteiger partial charge in [0.1, 0.15) is 17.2 Å². The number of thioether (sulfide) groups is 1. The van der Waals surface area contributed by atoms with Gasteiger partial charge < -0.3 is 10.2 Å². The monoisotopic (exact) mass is 426 g/mol. The second kappa shape index (κ2) is 8.06. The van der Waals surface area contributed by atoms with Crippen LogP contribution < -0.4 is 5.32 Å². The van der Waals surface area contributed by atoms with Crippen LogP contribution >= 0.6 is 11.8 Å². The number of halogens is 1. The van der Waals surface area contributed by atoms with Crippen molar-refractivity contribution in [2.45, 2.75) is 56.5 Å². The second-order valence-corrected chi connectivity index (χ2v) is 10.2. The first-order chi connectivity index (χ1) is 14.2. The SMILES string of the molecule is CC(C)(C)c1ccc(C(=O)N2C(C(=O)NC3CC3)CSC2c2cccc(F)c2)cc1. The molecule has 30 heavy (non-hydrogen) atoms. The van der Waals surface area contributed by atoms with Crippen molar-refractivity contribution >= 4 is 23.6 Å². The number of amides is 2. The van der Waals surface area contributed by atoms with Crippen LogP contribution in [-0.2, 0) is 10.2 Å². The van der Waals surface area contributed by atoms with Crippen LogP contribution in [0.25, 0.3) is 0 Å². The summed E-state index contributed by atoms with van der Waals surface area (Å²) in [6, 6.07) is 13.5. The maximum atomic E-state index is 13.9. The number of nitrogens with one attached hydrogen (secondary N) is 1. The Hall–Kier alpha value is -2.34. The Morgan fingerprint density at radius 2 is 1.80 bits per heavy atom. The van der Waals surface area contributed by atoms with E-state index >= 15 is 0 Å². The molecule has 2 unspecified atom stereocenters. The van der Waals surface area contributed by atoms with E-state index in [4.69, 9.17) is 0 Å². The third kappa shape index (κ3) is 4.38. The lowest BCUT2D eigenvalue weighted by atomic mass is 9.86. The summed E-state index contributed by atoms with van der Waals surface area (Å²) in [4.78, 5) is 28.0. The molecule has 1 aliphatic carbocycles. The fourth-order valence-corrected chi connectivity index (χ4v) is 5.08. The van der Waals surface area contributed by atoms with Gasteiger partial charge in [0.05, 0.1) is 0 Å². The molecule has 2 aromatic carbocycles. The zero-order chi connectivity index (χ0) is 21.5. The molecular weight excluding hydrogens is 399 g/mol. The van der Waals surface area contributed by atoms with Gasteiger partial charge in [-0.05, 0) is 53.6 Å². The summed E-state index contributed by atoms with van der Waals surface area (Å²) in [5, 5.41) is 2.63. The highest BCUT2D eigenvalue weighted by molar-refractivity contribution is 7.99. The predicted molar refractivity (Wildman–Crippen MR) is 118 cm³/mol. The molecule has 0 spiro atoms. The molecule has 2 amide bonds. The maximum absolute atomic E-state index is 13.9. The molecule has 0 radical (unpaired) electrons. The van der Waals surface area contributed by atoms with Crippen LogP contribution in [0.5, 0.6) is 0 Å². The van der Waals surface area contributed by atoms with Gasteiger partial charge in [0.2, 0.25) is 5.91 Å². The lowest BCUT2D eigenvalue weighted by molar-refractivity contribution is -0.125. The normalized spacial score (nSPS) is 21.5. The van der Waals surface area contributed by atoms with E-state index in [0.29, 0.717) is 16.9 Å². The van der Waals surface area contributed by atoms with E-state index in [1.54, 1.807) is 11.0 Å². The van der Waals surface area contributed by atoms with Crippen LogP contribution in [0.15, 0.2) is 48.5 Å². The van der Waals surface area contributed by atoms with Crippen molar-refractivity contribution in [3.63, 3.8) is 0 Å². The summed E-state index contributed by atoms with van der Waals surface area (Å²) in [7, 11) is 0. The van der Waals surface area contributed by atoms with E-state index < -0.39 is 11.4 Å². The van der Waals surface area contributed by atoms with Crippen molar-refractivity contribution < 1.29 is 14.0 Å². The number of hydrogen-bond acceptors (Lipinski definition) is 3. The van der Waals surface area contributed by atoms with Crippen LogP contribution in [0.3, 0.4) is 0 Å². The predicted octanol–water partition coefficient (Wildman–Crippen LogP) is 4.66. The topological polar surface area (TPSA) is 49.4 Å². The van der Waals surface area contributed by atoms with Crippen LogP contribution in [0.2, 0.25) is 0 Å². The lowest BCUT2D eigenvalue weighted by Gasteiger charge is -2.29. The molecule has 1 heterocycles. The van der Waals surface area contributed by atoms with Crippen molar-refractivity contribution in [3.05, 3.63) is 71.0 Å². The number of carbonyl (C=O) groups is 2. The molecule has 4 rings (SSSR count). The van der Waals surface area contributed by atoms with Crippen molar-refractivity contribution in [3.8, 4) is 0 Å². The van der Waals surface area contributed by atoms with E-state index in [-0.39, 0.29) is 29.1 Å². The Morgan fingerprint density at radius 1 is 1.10 bits per heavy atom. The van der Waals surface area contributed by atoms with Crippen molar-refractivity contribution in [1.29, 1.82) is 0 Å². The van der Waals surface area contributed by atoms with Crippen molar-refractivity contribution in [1.82, 2.24) is 10.2 Å². The van der Waals surface area contributed by atoms with E-state index in [2.05, 4.69) is 26.1 Å². The van der Waals surface area contributed by atoms with Gasteiger partial charge in [0.25, 0.3) is 5.91 Å². The van der Waals surface area contributed by atoms with Gasteiger partial charge >= 0.3 is 0 Å². The largest absolute Gasteiger partial charge is 0.352 e. The van der Waals surface area contributed by atoms with Crippen LogP contribution in [-0.4, -0.2) is 34.6 Å². The molecule has 158 valence electrons. The van der Waals surface area contributed by atoms with Gasteiger partial charge in [-0.15, -0.1) is 11.8 Å². The third-order valence-electron chi connectivity index (χ3n) is 5.59. The van der Waals surface area contributed by atoms with Gasteiger partial charge in [-0.25, -0.2) is 4.39 Å². The molecule has 1 saturated heterocycles. The Labute approximate surface area is 181 Å². The summed E-state index contributed by atoms with van der Waals surface area (Å²) in [6.45, 7) is 6.37. The first-order valence-electron chi connectivity index (χ1n) is 10.3. The number of hydrogen-bond donors (Lipinski definition) is 1. The minimum atomic E-state index is -0.571. The summed E-state index contributed by atoms with van der Waals surface area (Å²) in [6.07, 6.45) is 1.97. The Kier molecular flexibility index (Phi) is 5.62. The number of rotatable bonds is 4. The molecule has 1 N–H and O–H groups in total. The second-order valence-electron chi connectivity index (χ2n) is 9.08. The standard InChI is InChI=1S/C24H27FN2O2S/c1-24(2,3)17-9-7-15(8-10-17)22(29)27-20(21(28)26-19-11-12-19)14-30-23(27)16-5-4-6-18(25)13-16/h4-10,13,19-20,23H,11-12,14H2,1-3H3,(H,26,28). The van der Waals surface area contributed by atoms with Crippen LogP contribution in [0, 0.1) is 5.82 Å². The summed E-state index contributed by atoms with van der Waals surface area (Å²) in [5.41, 5.74) is 2.36. The molecule has 1 saturated carbocycles. The minimum Gasteiger partial charge on any atom is -0.352 e. The summed E-state index contributed by atoms with van der Waals surface area (Å²) in [5.74, 6) is -0.180. The number of carbonyl (C=O) groups excluding carboxylic acids is 2. The number of benzene rings is 2. The van der Waals surface area contributed by atoms with E-state index in [1.807, 2.05) is 30.3 Å². The summed E-state index contributed by atoms with van der Waals surface area (Å²) >= 11 is 1.50. The highest BCUT2D eigenvalue weighted by Gasteiger charge is 2.43. The van der Waals surface area contributed by atoms with Crippen molar-refractivity contribution in [2.75, 3.05) is 5.75 Å². The molecule has 2 atom stereocenters. The molecule has 1 aliphatic heterocycles. The number of nitrogens with zero attached hydrogens (tertiary/aromatic N) is 1. The van der Waals surface area contributed by atoms with Gasteiger partial charge in [0.15, 0.2) is 0 Å². The maximum Gasteiger partial charge on any atom is 0.255 e. The zero-order valence-electron chi connectivity index (χ0n) is 17.5. The lowest BCUT2D eigenvalue weighted by Crippen LogP contribution is -2.48. The molecule has 0 aromatic heterocycles. The highest BCUT2D eigenvalue weighted by Crippen LogP contribution is 2.42. The molecule has 6 heteroatoms. The zero-order valence-corrected chi connectivity index (χ0v) is 18.3. The Balaban J connectivity index is 1.65. The van der Waals surface area contributed by atoms with Gasteiger partial charge in [-0.1, -0.05) is 45.0 Å².